The number of nitrogens with zero attached hydrogens (tertiary/aromatic N) is 1. The van der Waals surface area contributed by atoms with Gasteiger partial charge in [-0.3, -0.25) is 0 Å². The smallest absolute Gasteiger partial charge is 0.346 e. The molecule has 0 fully saturated rings. The van der Waals surface area contributed by atoms with Crippen molar-refractivity contribution in [1.29, 1.82) is 0 Å². The van der Waals surface area contributed by atoms with Crippen molar-refractivity contribution in [2.45, 2.75) is 27.2 Å². The molecule has 0 radical (unpaired) electrons. The first-order valence-electron chi connectivity index (χ1n) is 7.37. The van der Waals surface area contributed by atoms with Crippen molar-refractivity contribution in [3.63, 3.8) is 0 Å². The molecule has 122 valence electrons. The Morgan fingerprint density at radius 3 is 2.30 bits per heavy atom. The lowest BCUT2D eigenvalue weighted by Crippen LogP contribution is -2.19. The van der Waals surface area contributed by atoms with Crippen molar-refractivity contribution in [2.24, 2.45) is 0 Å². The van der Waals surface area contributed by atoms with Gasteiger partial charge in [0, 0.05) is 12.2 Å². The molecule has 0 amide bonds. The van der Waals surface area contributed by atoms with Gasteiger partial charge in [0.2, 0.25) is 0 Å². The second-order valence-corrected chi connectivity index (χ2v) is 6.07. The molecule has 23 heavy (non-hydrogen) atoms. The van der Waals surface area contributed by atoms with E-state index in [1.54, 1.807) is 6.92 Å². The molecule has 0 atom stereocenters. The Kier molecular flexibility index (Phi) is 5.05. The third-order valence-electron chi connectivity index (χ3n) is 3.76. The number of aromatic carboxylic acids is 2. The van der Waals surface area contributed by atoms with Crippen LogP contribution in [0, 0.1) is 6.92 Å². The molecule has 1 aromatic heterocycles. The normalized spacial score (nSPS) is 10.6. The van der Waals surface area contributed by atoms with Crippen molar-refractivity contribution >= 4 is 34.0 Å². The highest BCUT2D eigenvalue weighted by Gasteiger charge is 2.28. The van der Waals surface area contributed by atoms with Gasteiger partial charge in [-0.2, -0.15) is 0 Å². The second-order valence-electron chi connectivity index (χ2n) is 5.07. The summed E-state index contributed by atoms with van der Waals surface area (Å²) in [5.41, 5.74) is 2.38. The number of hydrogen-bond acceptors (Lipinski definition) is 4. The third kappa shape index (κ3) is 3.07. The van der Waals surface area contributed by atoms with Gasteiger partial charge in [-0.15, -0.1) is 11.3 Å². The maximum Gasteiger partial charge on any atom is 0.346 e. The molecule has 6 heteroatoms. The first kappa shape index (κ1) is 17.0. The third-order valence-corrected chi connectivity index (χ3v) is 5.06. The highest BCUT2D eigenvalue weighted by Crippen LogP contribution is 2.40. The topological polar surface area (TPSA) is 77.8 Å². The Hall–Kier alpha value is -2.34. The number of benzene rings is 1. The number of carboxylic acid groups (broad SMARTS) is 2. The maximum atomic E-state index is 11.7. The Balaban J connectivity index is 2.69. The quantitative estimate of drug-likeness (QED) is 0.829. The SMILES string of the molecule is CCc1ccccc1N(CC)c1sc(C(=O)O)c(C)c1C(=O)O. The lowest BCUT2D eigenvalue weighted by molar-refractivity contribution is 0.0696. The highest BCUT2D eigenvalue weighted by molar-refractivity contribution is 7.18. The molecule has 2 aromatic rings. The highest BCUT2D eigenvalue weighted by atomic mass is 32.1. The average molecular weight is 333 g/mol. The molecule has 1 aromatic carbocycles. The number of aryl methyl sites for hydroxylation is 1. The van der Waals surface area contributed by atoms with Gasteiger partial charge in [-0.05, 0) is 37.5 Å². The molecule has 0 bridgehead atoms. The molecule has 0 spiro atoms. The molecular formula is C17H19NO4S. The summed E-state index contributed by atoms with van der Waals surface area (Å²) >= 11 is 1.01. The zero-order chi connectivity index (χ0) is 17.1. The zero-order valence-electron chi connectivity index (χ0n) is 13.3. The fraction of sp³-hybridized carbons (Fsp3) is 0.294. The molecule has 0 aliphatic heterocycles. The zero-order valence-corrected chi connectivity index (χ0v) is 14.1. The maximum absolute atomic E-state index is 11.7. The van der Waals surface area contributed by atoms with Crippen LogP contribution in [-0.4, -0.2) is 28.7 Å². The van der Waals surface area contributed by atoms with E-state index in [1.807, 2.05) is 43.0 Å². The van der Waals surface area contributed by atoms with Crippen LogP contribution in [0.2, 0.25) is 0 Å². The first-order valence-corrected chi connectivity index (χ1v) is 8.19. The fourth-order valence-corrected chi connectivity index (χ4v) is 3.86. The van der Waals surface area contributed by atoms with E-state index < -0.39 is 11.9 Å². The lowest BCUT2D eigenvalue weighted by atomic mass is 10.1. The van der Waals surface area contributed by atoms with Gasteiger partial charge in [0.05, 0.1) is 5.56 Å². The van der Waals surface area contributed by atoms with E-state index in [2.05, 4.69) is 0 Å². The van der Waals surface area contributed by atoms with Crippen molar-refractivity contribution in [3.8, 4) is 0 Å². The molecule has 2 rings (SSSR count). The van der Waals surface area contributed by atoms with Gasteiger partial charge in [-0.1, -0.05) is 25.1 Å². The number of thiophene rings is 1. The van der Waals surface area contributed by atoms with Crippen LogP contribution in [0.3, 0.4) is 0 Å². The van der Waals surface area contributed by atoms with Crippen LogP contribution in [0.1, 0.15) is 45.0 Å². The van der Waals surface area contributed by atoms with E-state index in [-0.39, 0.29) is 10.4 Å². The summed E-state index contributed by atoms with van der Waals surface area (Å²) < 4.78 is 0. The van der Waals surface area contributed by atoms with Crippen LogP contribution in [-0.2, 0) is 6.42 Å². The van der Waals surface area contributed by atoms with Crippen LogP contribution in [0.15, 0.2) is 24.3 Å². The van der Waals surface area contributed by atoms with Crippen LogP contribution >= 0.6 is 11.3 Å². The van der Waals surface area contributed by atoms with Crippen molar-refractivity contribution in [1.82, 2.24) is 0 Å². The molecule has 1 heterocycles. The van der Waals surface area contributed by atoms with Gasteiger partial charge in [0.1, 0.15) is 9.88 Å². The second kappa shape index (κ2) is 6.83. The van der Waals surface area contributed by atoms with Gasteiger partial charge in [-0.25, -0.2) is 9.59 Å². The van der Waals surface area contributed by atoms with E-state index in [4.69, 9.17) is 0 Å². The number of carbonyl (C=O) groups is 2. The molecule has 5 nitrogen and oxygen atoms in total. The summed E-state index contributed by atoms with van der Waals surface area (Å²) in [5.74, 6) is -2.20. The van der Waals surface area contributed by atoms with E-state index in [0.29, 0.717) is 17.1 Å². The molecule has 0 saturated heterocycles. The number of para-hydroxylation sites is 1. The Morgan fingerprint density at radius 1 is 1.13 bits per heavy atom. The Bertz CT molecular complexity index is 751. The minimum atomic E-state index is -1.10. The van der Waals surface area contributed by atoms with E-state index in [0.717, 1.165) is 29.0 Å². The predicted octanol–water partition coefficient (Wildman–Crippen LogP) is 4.17. The summed E-state index contributed by atoms with van der Waals surface area (Å²) in [6.07, 6.45) is 0.811. The fourth-order valence-electron chi connectivity index (χ4n) is 2.64. The Labute approximate surface area is 138 Å². The molecule has 0 saturated carbocycles. The number of carboxylic acids is 2. The van der Waals surface area contributed by atoms with Crippen molar-refractivity contribution in [2.75, 3.05) is 11.4 Å². The Morgan fingerprint density at radius 2 is 1.78 bits per heavy atom. The largest absolute Gasteiger partial charge is 0.478 e. The summed E-state index contributed by atoms with van der Waals surface area (Å²) in [5, 5.41) is 19.3. The molecule has 0 aliphatic rings. The lowest BCUT2D eigenvalue weighted by Gasteiger charge is -2.25. The summed E-state index contributed by atoms with van der Waals surface area (Å²) in [4.78, 5) is 25.0. The van der Waals surface area contributed by atoms with Gasteiger partial charge in [0.15, 0.2) is 0 Å². The minimum absolute atomic E-state index is 0.0696. The van der Waals surface area contributed by atoms with Crippen LogP contribution in [0.25, 0.3) is 0 Å². The number of hydrogen-bond donors (Lipinski definition) is 2. The predicted molar refractivity (Wildman–Crippen MR) is 91.5 cm³/mol. The molecule has 0 unspecified atom stereocenters. The minimum Gasteiger partial charge on any atom is -0.478 e. The van der Waals surface area contributed by atoms with Crippen molar-refractivity contribution < 1.29 is 19.8 Å². The average Bonchev–Trinajstić information content (AvgIpc) is 2.86. The van der Waals surface area contributed by atoms with Crippen molar-refractivity contribution in [3.05, 3.63) is 45.8 Å². The molecule has 2 N–H and O–H groups in total. The van der Waals surface area contributed by atoms with Gasteiger partial charge in [0.25, 0.3) is 0 Å². The van der Waals surface area contributed by atoms with E-state index in [1.165, 1.54) is 0 Å². The van der Waals surface area contributed by atoms with Gasteiger partial charge >= 0.3 is 11.9 Å². The summed E-state index contributed by atoms with van der Waals surface area (Å²) in [6, 6.07) is 7.77. The monoisotopic (exact) mass is 333 g/mol. The molecular weight excluding hydrogens is 314 g/mol. The standard InChI is InChI=1S/C17H19NO4S/c1-4-11-8-6-7-9-12(11)18(5-2)15-13(16(19)20)10(3)14(23-15)17(21)22/h6-9H,4-5H2,1-3H3,(H,19,20)(H,21,22). The summed E-state index contributed by atoms with van der Waals surface area (Å²) in [6.45, 7) is 6.06. The first-order chi connectivity index (χ1) is 10.9. The van der Waals surface area contributed by atoms with Crippen LogP contribution in [0.5, 0.6) is 0 Å². The van der Waals surface area contributed by atoms with Crippen LogP contribution < -0.4 is 4.90 Å². The van der Waals surface area contributed by atoms with E-state index >= 15 is 0 Å². The van der Waals surface area contributed by atoms with E-state index in [9.17, 15) is 19.8 Å². The van der Waals surface area contributed by atoms with Crippen LogP contribution in [0.4, 0.5) is 10.7 Å². The van der Waals surface area contributed by atoms with Gasteiger partial charge < -0.3 is 15.1 Å². The number of anilines is 2. The number of rotatable bonds is 6. The molecule has 0 aliphatic carbocycles. The summed E-state index contributed by atoms with van der Waals surface area (Å²) in [7, 11) is 0.